The van der Waals surface area contributed by atoms with Gasteiger partial charge in [-0.2, -0.15) is 26.3 Å². The van der Waals surface area contributed by atoms with Crippen LogP contribution < -0.4 is 16.0 Å². The Bertz CT molecular complexity index is 3350. The van der Waals surface area contributed by atoms with Crippen LogP contribution in [0.2, 0.25) is 0 Å². The summed E-state index contributed by atoms with van der Waals surface area (Å²) in [6.45, 7) is 9.29. The van der Waals surface area contributed by atoms with Crippen molar-refractivity contribution in [3.05, 3.63) is 12.2 Å². The molecule has 33 heteroatoms. The number of likely N-dealkylation sites (N-methyl/N-ethyl adjacent to an activating group) is 6. The normalized spacial score (nSPS) is 32.7. The van der Waals surface area contributed by atoms with E-state index in [1.165, 1.54) is 57.0 Å². The number of fused-ring (bicyclic) bond motifs is 3. The highest BCUT2D eigenvalue weighted by atomic mass is 19.4. The van der Waals surface area contributed by atoms with Crippen LogP contribution in [0.5, 0.6) is 0 Å². The summed E-state index contributed by atoms with van der Waals surface area (Å²) >= 11 is 0. The number of hydrogen-bond donors (Lipinski definition) is 3. The zero-order valence-corrected chi connectivity index (χ0v) is 66.7. The molecule has 8 aliphatic rings. The molecule has 12 amide bonds. The molecule has 0 aromatic rings. The van der Waals surface area contributed by atoms with Crippen LogP contribution in [0, 0.1) is 40.9 Å². The number of amides is 12. The minimum absolute atomic E-state index is 0.00447. The first-order valence-electron chi connectivity index (χ1n) is 40.1. The van der Waals surface area contributed by atoms with E-state index in [2.05, 4.69) is 16.0 Å². The minimum Gasteiger partial charge on any atom is -0.377 e. The summed E-state index contributed by atoms with van der Waals surface area (Å²) in [5.74, 6) is -16.6. The molecule has 25 nitrogen and oxygen atoms in total. The van der Waals surface area contributed by atoms with Crippen molar-refractivity contribution < 1.29 is 97.4 Å². The van der Waals surface area contributed by atoms with Gasteiger partial charge in [-0.15, -0.1) is 0 Å². The van der Waals surface area contributed by atoms with E-state index in [9.17, 15) is 45.5 Å². The van der Waals surface area contributed by atoms with E-state index in [-0.39, 0.29) is 96.7 Å². The molecule has 8 rings (SSSR count). The average molecular weight is 1590 g/mol. The number of likely N-dealkylation sites (tertiary alicyclic amines) is 1. The van der Waals surface area contributed by atoms with Gasteiger partial charge >= 0.3 is 12.4 Å². The summed E-state index contributed by atoms with van der Waals surface area (Å²) in [4.78, 5) is 194. The SMILES string of the molecule is CCO[C@@H]1C[C@H]2C(=O)NC3(CC(C)(C)C3)C(=O)N(C)[C@@H](C3CCCC3)C(=O)N(C)[C@H](C(=O)N3CCCCC3)CC(=O)N(C)[C@@H](CC)C(=O)N[C@@H]([C@@H](C)CC)C(=O)N(C)CC(=O)N(C)[C@H]3C/C=C\CCN(C3=O)[C@@H](CC3CCC(C(F)(F)F)CC3)C(=O)N(C)CC(=O)N[C@@H](CCC3CC(F)C(C(F)(F)F)C(F)C3)C(=O)N2C1. The number of rotatable bonds is 12. The summed E-state index contributed by atoms with van der Waals surface area (Å²) in [7, 11) is 8.09. The highest BCUT2D eigenvalue weighted by molar-refractivity contribution is 6.01. The van der Waals surface area contributed by atoms with Crippen molar-refractivity contribution in [2.24, 2.45) is 40.9 Å². The molecular formula is C78H120F8N12O13. The monoisotopic (exact) mass is 1580 g/mol. The zero-order chi connectivity index (χ0) is 82.1. The third-order valence-corrected chi connectivity index (χ3v) is 25.2. The molecule has 2 unspecified atom stereocenters. The van der Waals surface area contributed by atoms with Crippen LogP contribution in [0.4, 0.5) is 35.1 Å². The molecule has 0 aromatic carbocycles. The van der Waals surface area contributed by atoms with Gasteiger partial charge < -0.3 is 64.8 Å². The van der Waals surface area contributed by atoms with Crippen molar-refractivity contribution in [3.63, 3.8) is 0 Å². The Morgan fingerprint density at radius 2 is 1.23 bits per heavy atom. The molecule has 0 aromatic heterocycles. The Kier molecular flexibility index (Phi) is 30.4. The number of nitrogens with zero attached hydrogens (tertiary/aromatic N) is 9. The van der Waals surface area contributed by atoms with Crippen molar-refractivity contribution >= 4 is 70.9 Å². The fourth-order valence-corrected chi connectivity index (χ4v) is 18.7. The number of ether oxygens (including phenoxy) is 1. The van der Waals surface area contributed by atoms with Crippen molar-refractivity contribution in [1.29, 1.82) is 0 Å². The molecule has 626 valence electrons. The van der Waals surface area contributed by atoms with Crippen LogP contribution in [0.15, 0.2) is 12.2 Å². The van der Waals surface area contributed by atoms with Crippen LogP contribution in [0.3, 0.4) is 0 Å². The minimum atomic E-state index is -5.22. The van der Waals surface area contributed by atoms with Gasteiger partial charge in [-0.25, -0.2) is 8.78 Å². The maximum absolute atomic E-state index is 15.9. The smallest absolute Gasteiger partial charge is 0.377 e. The van der Waals surface area contributed by atoms with E-state index in [4.69, 9.17) is 4.74 Å². The van der Waals surface area contributed by atoms with Crippen LogP contribution >= 0.6 is 0 Å². The summed E-state index contributed by atoms with van der Waals surface area (Å²) in [6, 6.07) is -11.3. The molecule has 7 fully saturated rings. The van der Waals surface area contributed by atoms with Crippen molar-refractivity contribution in [1.82, 2.24) is 60.0 Å². The lowest BCUT2D eigenvalue weighted by Gasteiger charge is -2.54. The highest BCUT2D eigenvalue weighted by Crippen LogP contribution is 2.50. The largest absolute Gasteiger partial charge is 0.397 e. The second-order valence-corrected chi connectivity index (χ2v) is 33.8. The van der Waals surface area contributed by atoms with Crippen molar-refractivity contribution in [2.75, 3.05) is 88.2 Å². The van der Waals surface area contributed by atoms with Gasteiger partial charge in [0.2, 0.25) is 70.9 Å². The molecule has 1 spiro atoms. The van der Waals surface area contributed by atoms with Gasteiger partial charge in [0.15, 0.2) is 0 Å². The molecule has 4 heterocycles. The van der Waals surface area contributed by atoms with Crippen LogP contribution in [-0.2, 0) is 62.3 Å². The summed E-state index contributed by atoms with van der Waals surface area (Å²) in [5, 5.41) is 8.48. The lowest BCUT2D eigenvalue weighted by molar-refractivity contribution is -0.219. The summed E-state index contributed by atoms with van der Waals surface area (Å²) in [5.41, 5.74) is -2.36. The molecule has 12 atom stereocenters. The predicted octanol–water partition coefficient (Wildman–Crippen LogP) is 7.28. The van der Waals surface area contributed by atoms with E-state index >= 15 is 47.1 Å². The Morgan fingerprint density at radius 3 is 1.81 bits per heavy atom. The second-order valence-electron chi connectivity index (χ2n) is 33.8. The topological polar surface area (TPSA) is 279 Å². The van der Waals surface area contributed by atoms with Gasteiger partial charge in [-0.3, -0.25) is 57.5 Å². The highest BCUT2D eigenvalue weighted by Gasteiger charge is 2.60. The van der Waals surface area contributed by atoms with Crippen molar-refractivity contribution in [2.45, 2.75) is 280 Å². The summed E-state index contributed by atoms with van der Waals surface area (Å²) in [6.07, 6.45) is -11.6. The predicted molar refractivity (Wildman–Crippen MR) is 393 cm³/mol. The third kappa shape index (κ3) is 21.4. The second kappa shape index (κ2) is 37.8. The molecule has 2 bridgehead atoms. The Balaban J connectivity index is 1.21. The van der Waals surface area contributed by atoms with Gasteiger partial charge in [0, 0.05) is 81.5 Å². The fraction of sp³-hybridized carbons (Fsp3) is 0.821. The third-order valence-electron chi connectivity index (χ3n) is 25.2. The molecule has 111 heavy (non-hydrogen) atoms. The molecule has 0 radical (unpaired) electrons. The maximum Gasteiger partial charge on any atom is 0.397 e. The van der Waals surface area contributed by atoms with Gasteiger partial charge in [0.25, 0.3) is 0 Å². The van der Waals surface area contributed by atoms with Crippen molar-refractivity contribution in [3.8, 4) is 0 Å². The average Bonchev–Trinajstić information content (AvgIpc) is 0.881. The maximum atomic E-state index is 15.9. The van der Waals surface area contributed by atoms with Gasteiger partial charge in [-0.1, -0.05) is 66.0 Å². The first-order valence-corrected chi connectivity index (χ1v) is 40.1. The first kappa shape index (κ1) is 89.3. The number of alkyl halides is 8. The number of carbonyl (C=O) groups excluding carboxylic acids is 12. The quantitative estimate of drug-likeness (QED) is 0.128. The van der Waals surface area contributed by atoms with Gasteiger partial charge in [-0.05, 0) is 158 Å². The summed E-state index contributed by atoms with van der Waals surface area (Å²) < 4.78 is 122. The van der Waals surface area contributed by atoms with E-state index < -0.39 is 235 Å². The Labute approximate surface area is 647 Å². The zero-order valence-electron chi connectivity index (χ0n) is 66.7. The number of carbonyl (C=O) groups is 12. The number of nitrogens with one attached hydrogen (secondary N) is 3. The van der Waals surface area contributed by atoms with Gasteiger partial charge in [0.05, 0.1) is 31.5 Å². The standard InChI is InChI=1S/C78H120F8N12O13/c1-13-46(4)64-72(108)91(8)43-62(101)93(10)56-26-18-16-23-35-97(71(56)107)59(38-47-27-30-50(31-28-47)77(81,82)83)69(105)90(7)42-60(99)87-54(32-29-48-36-52(79)63(53(80)37-48)78(84,85)86)68(104)98-41-51(111-15-3)39-57(98)67(103)89-76(44-75(5,6)45-76)74(110)95(12)65(49-24-19-20-25-49)73(109)94(11)58(70(106)96-33-21-17-22-34-96)40-61(100)92(9)55(14-2)66(102)88-64/h16,18,46-59,63-65H,13-15,17,19-45H2,1-12H3,(H,87,99)(H,88,102)(H,89,103)/b18-16-/t46-,47?,48?,50?,51+,52?,53?,54-,55-,56-,57-,58-,59-,63?,64-,65-/m0/s1. The molecular weight excluding hydrogens is 1460 g/mol. The Morgan fingerprint density at radius 1 is 0.613 bits per heavy atom. The van der Waals surface area contributed by atoms with E-state index in [0.717, 1.165) is 30.9 Å². The number of hydrogen-bond acceptors (Lipinski definition) is 13. The van der Waals surface area contributed by atoms with E-state index in [1.807, 2.05) is 13.8 Å². The molecule has 4 aliphatic carbocycles. The fourth-order valence-electron chi connectivity index (χ4n) is 18.7. The Hall–Kier alpha value is -7.22. The molecule has 4 aliphatic heterocycles. The molecule has 3 N–H and O–H groups in total. The van der Waals surface area contributed by atoms with E-state index in [0.29, 0.717) is 58.0 Å². The van der Waals surface area contributed by atoms with Crippen LogP contribution in [-0.4, -0.2) is 288 Å². The molecule has 3 saturated heterocycles. The molecule has 4 saturated carbocycles. The lowest BCUT2D eigenvalue weighted by atomic mass is 9.58. The van der Waals surface area contributed by atoms with Crippen LogP contribution in [0.25, 0.3) is 0 Å². The number of piperidine rings is 1. The number of halogens is 8. The van der Waals surface area contributed by atoms with Gasteiger partial charge in [0.1, 0.15) is 72.1 Å². The van der Waals surface area contributed by atoms with Crippen LogP contribution in [0.1, 0.15) is 196 Å². The van der Waals surface area contributed by atoms with E-state index in [1.54, 1.807) is 44.7 Å². The lowest BCUT2D eigenvalue weighted by Crippen LogP contribution is -2.71. The first-order chi connectivity index (χ1) is 52.1.